The molecule has 1 aromatic rings. The van der Waals surface area contributed by atoms with Crippen molar-refractivity contribution in [3.8, 4) is 0 Å². The van der Waals surface area contributed by atoms with E-state index in [9.17, 15) is 22.8 Å². The summed E-state index contributed by atoms with van der Waals surface area (Å²) in [4.78, 5) is 29.3. The van der Waals surface area contributed by atoms with E-state index in [-0.39, 0.29) is 35.0 Å². The van der Waals surface area contributed by atoms with E-state index in [1.54, 1.807) is 6.92 Å². The molecule has 9 heteroatoms. The van der Waals surface area contributed by atoms with E-state index in [0.29, 0.717) is 0 Å². The predicted octanol–water partition coefficient (Wildman–Crippen LogP) is 4.11. The van der Waals surface area contributed by atoms with E-state index >= 15 is 0 Å². The van der Waals surface area contributed by atoms with Gasteiger partial charge in [-0.05, 0) is 25.5 Å². The second-order valence-corrected chi connectivity index (χ2v) is 6.34. The first kappa shape index (κ1) is 21.9. The lowest BCUT2D eigenvalue weighted by atomic mass is 9.75. The van der Waals surface area contributed by atoms with E-state index in [0.717, 1.165) is 19.2 Å². The smallest absolute Gasteiger partial charge is 0.416 e. The van der Waals surface area contributed by atoms with Crippen molar-refractivity contribution in [1.29, 1.82) is 0 Å². The number of esters is 2. The van der Waals surface area contributed by atoms with Gasteiger partial charge in [0.15, 0.2) is 0 Å². The van der Waals surface area contributed by atoms with Crippen LogP contribution in [0.1, 0.15) is 30.9 Å². The minimum atomic E-state index is -4.59. The number of ether oxygens (including phenoxy) is 2. The zero-order valence-electron chi connectivity index (χ0n) is 15.5. The number of benzene rings is 1. The van der Waals surface area contributed by atoms with Crippen LogP contribution in [0.15, 0.2) is 40.5 Å². The second-order valence-electron chi connectivity index (χ2n) is 6.07. The minimum absolute atomic E-state index is 0.0405. The van der Waals surface area contributed by atoms with Gasteiger partial charge in [0, 0.05) is 11.6 Å². The molecule has 2 atom stereocenters. The molecule has 0 saturated carbocycles. The molecule has 0 amide bonds. The molecule has 1 heterocycles. The molecule has 1 aliphatic heterocycles. The van der Waals surface area contributed by atoms with Crippen LogP contribution in [-0.2, 0) is 25.2 Å². The number of halogens is 4. The van der Waals surface area contributed by atoms with Crippen LogP contribution in [0, 0.1) is 5.92 Å². The topological polar surface area (TPSA) is 65.0 Å². The Labute approximate surface area is 165 Å². The Bertz CT molecular complexity index is 833. The molecule has 0 aliphatic carbocycles. The van der Waals surface area contributed by atoms with Gasteiger partial charge in [-0.15, -0.1) is 11.6 Å². The van der Waals surface area contributed by atoms with Crippen LogP contribution in [0.3, 0.4) is 0 Å². The quantitative estimate of drug-likeness (QED) is 0.534. The lowest BCUT2D eigenvalue weighted by Crippen LogP contribution is -2.36. The monoisotopic (exact) mass is 417 g/mol. The number of allylic oxidation sites excluding steroid dienone is 1. The Morgan fingerprint density at radius 2 is 1.96 bits per heavy atom. The molecule has 152 valence electrons. The third kappa shape index (κ3) is 4.38. The summed E-state index contributed by atoms with van der Waals surface area (Å²) >= 11 is 5.93. The van der Waals surface area contributed by atoms with Crippen LogP contribution < -0.4 is 0 Å². The van der Waals surface area contributed by atoms with E-state index in [1.807, 2.05) is 0 Å². The van der Waals surface area contributed by atoms with E-state index in [1.165, 1.54) is 19.1 Å². The van der Waals surface area contributed by atoms with Gasteiger partial charge < -0.3 is 9.47 Å². The number of rotatable bonds is 5. The molecule has 0 fully saturated rings. The summed E-state index contributed by atoms with van der Waals surface area (Å²) in [6.45, 7) is 3.17. The first-order valence-corrected chi connectivity index (χ1v) is 8.95. The lowest BCUT2D eigenvalue weighted by Gasteiger charge is -2.31. The number of hydrogen-bond acceptors (Lipinski definition) is 5. The summed E-state index contributed by atoms with van der Waals surface area (Å²) in [7, 11) is 1.16. The van der Waals surface area contributed by atoms with Gasteiger partial charge in [0.05, 0.1) is 36.4 Å². The normalized spacial score (nSPS) is 19.9. The third-order valence-electron chi connectivity index (χ3n) is 4.37. The molecule has 0 bridgehead atoms. The molecular weight excluding hydrogens is 399 g/mol. The Morgan fingerprint density at radius 3 is 2.50 bits per heavy atom. The molecule has 0 spiro atoms. The SMILES string of the molecule is CCOC(=O)C1=C(CCl)N=C(C)C(C(=O)OC)C1c1cccc(C(F)(F)F)c1. The van der Waals surface area contributed by atoms with Crippen molar-refractivity contribution in [3.05, 3.63) is 46.7 Å². The fourth-order valence-electron chi connectivity index (χ4n) is 3.19. The summed E-state index contributed by atoms with van der Waals surface area (Å²) in [5.74, 6) is -3.83. The average Bonchev–Trinajstić information content (AvgIpc) is 2.65. The summed E-state index contributed by atoms with van der Waals surface area (Å²) in [6, 6.07) is 4.46. The number of methoxy groups -OCH3 is 1. The average molecular weight is 418 g/mol. The van der Waals surface area contributed by atoms with Gasteiger partial charge in [0.1, 0.15) is 5.92 Å². The molecule has 0 aromatic heterocycles. The fourth-order valence-corrected chi connectivity index (χ4v) is 3.39. The second kappa shape index (κ2) is 8.77. The molecule has 2 rings (SSSR count). The highest BCUT2D eigenvalue weighted by Gasteiger charge is 2.43. The molecule has 28 heavy (non-hydrogen) atoms. The fraction of sp³-hybridized carbons (Fsp3) is 0.421. The summed E-state index contributed by atoms with van der Waals surface area (Å²) in [5.41, 5.74) is -0.384. The third-order valence-corrected chi connectivity index (χ3v) is 4.62. The minimum Gasteiger partial charge on any atom is -0.468 e. The molecule has 5 nitrogen and oxygen atoms in total. The van der Waals surface area contributed by atoms with Crippen LogP contribution in [-0.4, -0.2) is 37.2 Å². The Morgan fingerprint density at radius 1 is 1.29 bits per heavy atom. The van der Waals surface area contributed by atoms with Gasteiger partial charge in [0.25, 0.3) is 0 Å². The zero-order valence-corrected chi connectivity index (χ0v) is 16.2. The maximum Gasteiger partial charge on any atom is 0.416 e. The highest BCUT2D eigenvalue weighted by molar-refractivity contribution is 6.20. The zero-order chi connectivity index (χ0) is 21.1. The molecule has 1 aromatic carbocycles. The highest BCUT2D eigenvalue weighted by atomic mass is 35.5. The maximum atomic E-state index is 13.2. The number of hydrogen-bond donors (Lipinski definition) is 0. The highest BCUT2D eigenvalue weighted by Crippen LogP contribution is 2.42. The van der Waals surface area contributed by atoms with Crippen molar-refractivity contribution in [2.75, 3.05) is 19.6 Å². The van der Waals surface area contributed by atoms with Crippen LogP contribution >= 0.6 is 11.6 Å². The van der Waals surface area contributed by atoms with Gasteiger partial charge in [0.2, 0.25) is 0 Å². The van der Waals surface area contributed by atoms with Gasteiger partial charge in [-0.1, -0.05) is 18.2 Å². The van der Waals surface area contributed by atoms with Gasteiger partial charge in [-0.2, -0.15) is 13.2 Å². The van der Waals surface area contributed by atoms with Crippen LogP contribution in [0.4, 0.5) is 13.2 Å². The molecular formula is C19H19ClF3NO4. The van der Waals surface area contributed by atoms with Crippen molar-refractivity contribution < 1.29 is 32.2 Å². The van der Waals surface area contributed by atoms with Crippen LogP contribution in [0.25, 0.3) is 0 Å². The summed E-state index contributed by atoms with van der Waals surface area (Å²) in [6.07, 6.45) is -4.59. The van der Waals surface area contributed by atoms with Crippen molar-refractivity contribution in [1.82, 2.24) is 0 Å². The molecule has 2 unspecified atom stereocenters. The lowest BCUT2D eigenvalue weighted by molar-refractivity contribution is -0.144. The van der Waals surface area contributed by atoms with E-state index in [4.69, 9.17) is 21.1 Å². The van der Waals surface area contributed by atoms with E-state index in [2.05, 4.69) is 4.99 Å². The predicted molar refractivity (Wildman–Crippen MR) is 97.2 cm³/mol. The Kier molecular flexibility index (Phi) is 6.87. The standard InChI is InChI=1S/C19H19ClF3NO4/c1-4-28-18(26)16-13(9-20)24-10(2)14(17(25)27-3)15(16)11-6-5-7-12(8-11)19(21,22)23/h5-8,14-15H,4,9H2,1-3H3. The van der Waals surface area contributed by atoms with Crippen molar-refractivity contribution in [3.63, 3.8) is 0 Å². The summed E-state index contributed by atoms with van der Waals surface area (Å²) < 4.78 is 49.5. The van der Waals surface area contributed by atoms with Crippen LogP contribution in [0.2, 0.25) is 0 Å². The van der Waals surface area contributed by atoms with Gasteiger partial charge >= 0.3 is 18.1 Å². The van der Waals surface area contributed by atoms with Crippen molar-refractivity contribution in [2.45, 2.75) is 25.9 Å². The maximum absolute atomic E-state index is 13.2. The first-order chi connectivity index (χ1) is 13.1. The van der Waals surface area contributed by atoms with Crippen LogP contribution in [0.5, 0.6) is 0 Å². The Hall–Kier alpha value is -2.35. The molecule has 0 saturated heterocycles. The first-order valence-electron chi connectivity index (χ1n) is 8.41. The number of carbonyl (C=O) groups is 2. The van der Waals surface area contributed by atoms with Gasteiger partial charge in [-0.3, -0.25) is 9.79 Å². The number of carbonyl (C=O) groups excluding carboxylic acids is 2. The molecule has 0 N–H and O–H groups in total. The number of aliphatic imine (C=N–C) groups is 1. The largest absolute Gasteiger partial charge is 0.468 e. The number of alkyl halides is 4. The molecule has 1 aliphatic rings. The molecule has 0 radical (unpaired) electrons. The van der Waals surface area contributed by atoms with Crippen molar-refractivity contribution >= 4 is 29.3 Å². The van der Waals surface area contributed by atoms with E-state index < -0.39 is 35.5 Å². The van der Waals surface area contributed by atoms with Crippen molar-refractivity contribution in [2.24, 2.45) is 10.9 Å². The van der Waals surface area contributed by atoms with Gasteiger partial charge in [-0.25, -0.2) is 4.79 Å². The number of nitrogens with zero attached hydrogens (tertiary/aromatic N) is 1. The summed E-state index contributed by atoms with van der Waals surface area (Å²) in [5, 5.41) is 0. The Balaban J connectivity index is 2.74.